The van der Waals surface area contributed by atoms with Gasteiger partial charge in [0, 0.05) is 46.9 Å². The molecule has 3 aromatic heterocycles. The fourth-order valence-corrected chi connectivity index (χ4v) is 3.26. The average molecular weight is 360 g/mol. The summed E-state index contributed by atoms with van der Waals surface area (Å²) in [5.74, 6) is 1.59. The maximum Gasteiger partial charge on any atom is 0.226 e. The van der Waals surface area contributed by atoms with Crippen molar-refractivity contribution in [2.24, 2.45) is 0 Å². The minimum absolute atomic E-state index is 0.0607. The summed E-state index contributed by atoms with van der Waals surface area (Å²) in [4.78, 5) is 25.3. The molecular weight excluding hydrogens is 336 g/mol. The Morgan fingerprint density at radius 2 is 1.74 bits per heavy atom. The summed E-state index contributed by atoms with van der Waals surface area (Å²) in [6, 6.07) is 6.02. The van der Waals surface area contributed by atoms with Gasteiger partial charge in [-0.1, -0.05) is 20.8 Å². The number of fused-ring (bicyclic) bond motifs is 1. The molecule has 6 heteroatoms. The molecule has 0 atom stereocenters. The fourth-order valence-electron chi connectivity index (χ4n) is 3.26. The SMILES string of the molecule is Cc1ccc(-c2ccnc(N3Cc4cnc(C(C)(C)C)nc4C3)n2)c(C)n1. The maximum atomic E-state index is 4.80. The van der Waals surface area contributed by atoms with Crippen LogP contribution in [0.2, 0.25) is 0 Å². The molecule has 4 heterocycles. The summed E-state index contributed by atoms with van der Waals surface area (Å²) >= 11 is 0. The highest BCUT2D eigenvalue weighted by atomic mass is 15.3. The van der Waals surface area contributed by atoms with Gasteiger partial charge in [0.25, 0.3) is 0 Å². The molecule has 0 radical (unpaired) electrons. The van der Waals surface area contributed by atoms with Gasteiger partial charge in [0.15, 0.2) is 0 Å². The molecule has 1 aliphatic heterocycles. The van der Waals surface area contributed by atoms with E-state index in [1.165, 1.54) is 0 Å². The second kappa shape index (κ2) is 6.37. The molecule has 0 N–H and O–H groups in total. The summed E-state index contributed by atoms with van der Waals surface area (Å²) in [7, 11) is 0. The van der Waals surface area contributed by atoms with Crippen LogP contribution in [0.5, 0.6) is 0 Å². The van der Waals surface area contributed by atoms with Crippen molar-refractivity contribution in [3.63, 3.8) is 0 Å². The van der Waals surface area contributed by atoms with Crippen LogP contribution in [0.3, 0.4) is 0 Å². The zero-order valence-corrected chi connectivity index (χ0v) is 16.5. The molecule has 3 aromatic rings. The summed E-state index contributed by atoms with van der Waals surface area (Å²) in [6.07, 6.45) is 3.76. The smallest absolute Gasteiger partial charge is 0.226 e. The normalized spacial score (nSPS) is 13.7. The van der Waals surface area contributed by atoms with E-state index in [2.05, 4.69) is 46.7 Å². The van der Waals surface area contributed by atoms with Crippen molar-refractivity contribution in [1.82, 2.24) is 24.9 Å². The van der Waals surface area contributed by atoms with Gasteiger partial charge >= 0.3 is 0 Å². The van der Waals surface area contributed by atoms with Gasteiger partial charge < -0.3 is 4.90 Å². The molecule has 0 aromatic carbocycles. The van der Waals surface area contributed by atoms with Crippen LogP contribution in [0.25, 0.3) is 11.3 Å². The van der Waals surface area contributed by atoms with Crippen LogP contribution < -0.4 is 4.90 Å². The van der Waals surface area contributed by atoms with E-state index in [0.29, 0.717) is 12.5 Å². The molecule has 0 spiro atoms. The lowest BCUT2D eigenvalue weighted by molar-refractivity contribution is 0.541. The fraction of sp³-hybridized carbons (Fsp3) is 0.381. The van der Waals surface area contributed by atoms with E-state index in [0.717, 1.165) is 46.3 Å². The number of aromatic nitrogens is 5. The van der Waals surface area contributed by atoms with Gasteiger partial charge in [0.1, 0.15) is 5.82 Å². The van der Waals surface area contributed by atoms with Crippen LogP contribution in [0.4, 0.5) is 5.95 Å². The lowest BCUT2D eigenvalue weighted by atomic mass is 9.95. The minimum Gasteiger partial charge on any atom is -0.330 e. The molecule has 0 bridgehead atoms. The van der Waals surface area contributed by atoms with Gasteiger partial charge in [-0.15, -0.1) is 0 Å². The summed E-state index contributed by atoms with van der Waals surface area (Å²) < 4.78 is 0. The highest BCUT2D eigenvalue weighted by molar-refractivity contribution is 5.63. The van der Waals surface area contributed by atoms with Crippen molar-refractivity contribution >= 4 is 5.95 Å². The molecule has 1 aliphatic rings. The molecule has 138 valence electrons. The average Bonchev–Trinajstić information content (AvgIpc) is 3.04. The predicted octanol–water partition coefficient (Wildman–Crippen LogP) is 3.76. The Morgan fingerprint density at radius 1 is 0.926 bits per heavy atom. The number of rotatable bonds is 2. The zero-order chi connectivity index (χ0) is 19.2. The zero-order valence-electron chi connectivity index (χ0n) is 16.5. The number of nitrogens with zero attached hydrogens (tertiary/aromatic N) is 6. The number of hydrogen-bond donors (Lipinski definition) is 0. The van der Waals surface area contributed by atoms with Gasteiger partial charge in [-0.2, -0.15) is 0 Å². The molecule has 0 saturated heterocycles. The first-order valence-electron chi connectivity index (χ1n) is 9.19. The molecule has 27 heavy (non-hydrogen) atoms. The minimum atomic E-state index is -0.0607. The van der Waals surface area contributed by atoms with Crippen molar-refractivity contribution in [1.29, 1.82) is 0 Å². The van der Waals surface area contributed by atoms with Crippen molar-refractivity contribution in [2.75, 3.05) is 4.90 Å². The van der Waals surface area contributed by atoms with Crippen molar-refractivity contribution in [3.05, 3.63) is 59.1 Å². The Hall–Kier alpha value is -2.89. The molecule has 0 saturated carbocycles. The van der Waals surface area contributed by atoms with Crippen LogP contribution in [0.15, 0.2) is 30.6 Å². The number of pyridine rings is 1. The first-order valence-corrected chi connectivity index (χ1v) is 9.19. The second-order valence-corrected chi connectivity index (χ2v) is 8.10. The van der Waals surface area contributed by atoms with E-state index in [9.17, 15) is 0 Å². The standard InChI is InChI=1S/C21H24N6/c1-13-6-7-16(14(2)24-13)17-8-9-22-20(26-17)27-11-15-10-23-19(21(3,4)5)25-18(15)12-27/h6-10H,11-12H2,1-5H3. The quantitative estimate of drug-likeness (QED) is 0.693. The first-order chi connectivity index (χ1) is 12.8. The highest BCUT2D eigenvalue weighted by Gasteiger charge is 2.26. The van der Waals surface area contributed by atoms with Gasteiger partial charge in [0.2, 0.25) is 5.95 Å². The molecule has 0 fully saturated rings. The summed E-state index contributed by atoms with van der Waals surface area (Å²) in [6.45, 7) is 11.8. The van der Waals surface area contributed by atoms with E-state index >= 15 is 0 Å². The van der Waals surface area contributed by atoms with Crippen LogP contribution in [-0.2, 0) is 18.5 Å². The number of hydrogen-bond acceptors (Lipinski definition) is 6. The van der Waals surface area contributed by atoms with Gasteiger partial charge in [-0.25, -0.2) is 19.9 Å². The van der Waals surface area contributed by atoms with E-state index in [-0.39, 0.29) is 5.41 Å². The Bertz CT molecular complexity index is 1010. The lowest BCUT2D eigenvalue weighted by Crippen LogP contribution is -2.18. The Balaban J connectivity index is 1.63. The molecular formula is C21H24N6. The summed E-state index contributed by atoms with van der Waals surface area (Å²) in [5.41, 5.74) is 6.06. The predicted molar refractivity (Wildman–Crippen MR) is 105 cm³/mol. The lowest BCUT2D eigenvalue weighted by Gasteiger charge is -2.17. The van der Waals surface area contributed by atoms with Crippen molar-refractivity contribution in [2.45, 2.75) is 53.1 Å². The third-order valence-corrected chi connectivity index (χ3v) is 4.75. The molecule has 0 aliphatic carbocycles. The van der Waals surface area contributed by atoms with E-state index in [4.69, 9.17) is 9.97 Å². The van der Waals surface area contributed by atoms with Crippen LogP contribution in [0.1, 0.15) is 49.2 Å². The first kappa shape index (κ1) is 17.5. The topological polar surface area (TPSA) is 67.7 Å². The van der Waals surface area contributed by atoms with E-state index in [1.54, 1.807) is 0 Å². The molecule has 6 nitrogen and oxygen atoms in total. The van der Waals surface area contributed by atoms with Crippen LogP contribution >= 0.6 is 0 Å². The van der Waals surface area contributed by atoms with Crippen molar-refractivity contribution < 1.29 is 0 Å². The maximum absolute atomic E-state index is 4.80. The monoisotopic (exact) mass is 360 g/mol. The van der Waals surface area contributed by atoms with Gasteiger partial charge in [-0.05, 0) is 32.0 Å². The highest BCUT2D eigenvalue weighted by Crippen LogP contribution is 2.28. The third kappa shape index (κ3) is 3.39. The van der Waals surface area contributed by atoms with Crippen LogP contribution in [-0.4, -0.2) is 24.9 Å². The Labute approximate surface area is 159 Å². The van der Waals surface area contributed by atoms with Gasteiger partial charge in [0.05, 0.1) is 17.9 Å². The third-order valence-electron chi connectivity index (χ3n) is 4.75. The van der Waals surface area contributed by atoms with Gasteiger partial charge in [-0.3, -0.25) is 4.98 Å². The van der Waals surface area contributed by atoms with Crippen molar-refractivity contribution in [3.8, 4) is 11.3 Å². The number of anilines is 1. The largest absolute Gasteiger partial charge is 0.330 e. The molecule has 0 amide bonds. The number of aryl methyl sites for hydroxylation is 2. The molecule has 4 rings (SSSR count). The van der Waals surface area contributed by atoms with E-state index in [1.807, 2.05) is 38.4 Å². The Kier molecular flexibility index (Phi) is 4.13. The second-order valence-electron chi connectivity index (χ2n) is 8.10. The van der Waals surface area contributed by atoms with Crippen LogP contribution in [0, 0.1) is 13.8 Å². The Morgan fingerprint density at radius 3 is 2.48 bits per heavy atom. The van der Waals surface area contributed by atoms with E-state index < -0.39 is 0 Å². The summed E-state index contributed by atoms with van der Waals surface area (Å²) in [5, 5.41) is 0. The molecule has 0 unspecified atom stereocenters.